The Hall–Kier alpha value is -2.36. The lowest BCUT2D eigenvalue weighted by atomic mass is 9.63. The van der Waals surface area contributed by atoms with Gasteiger partial charge >= 0.3 is 0 Å². The molecule has 3 nitrogen and oxygen atoms in total. The van der Waals surface area contributed by atoms with Gasteiger partial charge in [0.1, 0.15) is 5.82 Å². The lowest BCUT2D eigenvalue weighted by Crippen LogP contribution is -2.63. The number of likely N-dealkylation sites (tertiary alicyclic amines) is 1. The van der Waals surface area contributed by atoms with E-state index >= 15 is 0 Å². The highest BCUT2D eigenvalue weighted by Crippen LogP contribution is 2.56. The fraction of sp³-hybridized carbons (Fsp3) is 0.480. The van der Waals surface area contributed by atoms with Crippen LogP contribution < -0.4 is 4.90 Å². The maximum Gasteiger partial charge on any atom is 0.225 e. The lowest BCUT2D eigenvalue weighted by molar-refractivity contribution is -0.138. The highest BCUT2D eigenvalue weighted by Gasteiger charge is 2.54. The monoisotopic (exact) mass is 392 g/mol. The molecule has 1 unspecified atom stereocenters. The summed E-state index contributed by atoms with van der Waals surface area (Å²) in [5.74, 6) is 0.460. The van der Waals surface area contributed by atoms with E-state index in [4.69, 9.17) is 0 Å². The van der Waals surface area contributed by atoms with Crippen LogP contribution in [-0.4, -0.2) is 30.4 Å². The summed E-state index contributed by atoms with van der Waals surface area (Å²) in [5.41, 5.74) is 2.41. The van der Waals surface area contributed by atoms with Gasteiger partial charge in [-0.1, -0.05) is 49.2 Å². The van der Waals surface area contributed by atoms with Gasteiger partial charge in [0, 0.05) is 36.7 Å². The van der Waals surface area contributed by atoms with Crippen LogP contribution in [0.15, 0.2) is 54.6 Å². The Morgan fingerprint density at radius 1 is 0.966 bits per heavy atom. The van der Waals surface area contributed by atoms with E-state index in [1.807, 2.05) is 12.1 Å². The van der Waals surface area contributed by atoms with Gasteiger partial charge < -0.3 is 9.80 Å². The fourth-order valence-corrected chi connectivity index (χ4v) is 5.83. The molecule has 29 heavy (non-hydrogen) atoms. The summed E-state index contributed by atoms with van der Waals surface area (Å²) < 4.78 is 13.9. The lowest BCUT2D eigenvalue weighted by Gasteiger charge is -2.61. The van der Waals surface area contributed by atoms with E-state index in [2.05, 4.69) is 34.1 Å². The number of anilines is 1. The van der Waals surface area contributed by atoms with E-state index in [0.717, 1.165) is 51.0 Å². The van der Waals surface area contributed by atoms with Gasteiger partial charge in [-0.05, 0) is 49.4 Å². The summed E-state index contributed by atoms with van der Waals surface area (Å²) in [7, 11) is 0. The molecule has 2 heterocycles. The molecule has 4 heteroatoms. The average molecular weight is 393 g/mol. The molecule has 2 aliphatic heterocycles. The van der Waals surface area contributed by atoms with Crippen LogP contribution in [0.25, 0.3) is 0 Å². The fourth-order valence-electron chi connectivity index (χ4n) is 5.83. The van der Waals surface area contributed by atoms with E-state index in [1.165, 1.54) is 24.5 Å². The van der Waals surface area contributed by atoms with Gasteiger partial charge in [-0.15, -0.1) is 0 Å². The minimum atomic E-state index is -0.188. The Labute approximate surface area is 172 Å². The van der Waals surface area contributed by atoms with Crippen LogP contribution in [0, 0.1) is 17.2 Å². The Morgan fingerprint density at radius 3 is 2.38 bits per heavy atom. The second kappa shape index (κ2) is 7.47. The molecular weight excluding hydrogens is 363 g/mol. The van der Waals surface area contributed by atoms with Gasteiger partial charge in [0.2, 0.25) is 5.91 Å². The minimum Gasteiger partial charge on any atom is -0.363 e. The van der Waals surface area contributed by atoms with E-state index in [-0.39, 0.29) is 23.2 Å². The Balaban J connectivity index is 1.36. The minimum absolute atomic E-state index is 0.167. The van der Waals surface area contributed by atoms with E-state index in [1.54, 1.807) is 12.1 Å². The van der Waals surface area contributed by atoms with Crippen molar-refractivity contribution in [1.29, 1.82) is 0 Å². The first-order chi connectivity index (χ1) is 14.2. The molecule has 1 amide bonds. The second-order valence-electron chi connectivity index (χ2n) is 9.09. The Bertz CT molecular complexity index is 869. The molecule has 0 N–H and O–H groups in total. The summed E-state index contributed by atoms with van der Waals surface area (Å²) in [5, 5.41) is 0. The highest BCUT2D eigenvalue weighted by molar-refractivity contribution is 5.79. The van der Waals surface area contributed by atoms with Crippen molar-refractivity contribution in [2.24, 2.45) is 11.3 Å². The van der Waals surface area contributed by atoms with Crippen LogP contribution in [0.5, 0.6) is 0 Å². The van der Waals surface area contributed by atoms with Crippen LogP contribution in [-0.2, 0) is 4.79 Å². The molecule has 2 aromatic carbocycles. The number of hydrogen-bond donors (Lipinski definition) is 0. The highest BCUT2D eigenvalue weighted by atomic mass is 19.1. The molecule has 1 aliphatic carbocycles. The third-order valence-corrected chi connectivity index (χ3v) is 7.41. The number of carbonyl (C=O) groups is 1. The summed E-state index contributed by atoms with van der Waals surface area (Å²) in [6.45, 7) is 2.65. The molecular formula is C25H29FN2O. The molecule has 0 radical (unpaired) electrons. The smallest absolute Gasteiger partial charge is 0.225 e. The van der Waals surface area contributed by atoms with Crippen LogP contribution in [0.2, 0.25) is 0 Å². The van der Waals surface area contributed by atoms with Crippen LogP contribution in [0.4, 0.5) is 10.1 Å². The average Bonchev–Trinajstić information content (AvgIpc) is 3.28. The Kier molecular flexibility index (Phi) is 4.81. The number of benzene rings is 2. The number of nitrogens with zero attached hydrogens (tertiary/aromatic N) is 2. The number of piperidine rings is 1. The molecule has 3 aliphatic rings. The van der Waals surface area contributed by atoms with Crippen molar-refractivity contribution >= 4 is 11.6 Å². The molecule has 1 atom stereocenters. The zero-order valence-electron chi connectivity index (χ0n) is 16.9. The van der Waals surface area contributed by atoms with Gasteiger partial charge in [-0.25, -0.2) is 4.39 Å². The normalized spacial score (nSPS) is 24.0. The molecule has 1 saturated carbocycles. The number of carbonyl (C=O) groups excluding carboxylic acids is 1. The maximum atomic E-state index is 13.9. The number of rotatable bonds is 3. The van der Waals surface area contributed by atoms with E-state index < -0.39 is 0 Å². The van der Waals surface area contributed by atoms with Crippen molar-refractivity contribution in [3.05, 3.63) is 66.0 Å². The number of amides is 1. The van der Waals surface area contributed by atoms with Crippen molar-refractivity contribution in [3.63, 3.8) is 0 Å². The summed E-state index contributed by atoms with van der Waals surface area (Å²) in [4.78, 5) is 17.3. The van der Waals surface area contributed by atoms with Gasteiger partial charge in [-0.3, -0.25) is 4.79 Å². The van der Waals surface area contributed by atoms with E-state index in [0.29, 0.717) is 5.91 Å². The summed E-state index contributed by atoms with van der Waals surface area (Å²) in [6.07, 6.45) is 6.59. The first kappa shape index (κ1) is 18.7. The predicted molar refractivity (Wildman–Crippen MR) is 113 cm³/mol. The van der Waals surface area contributed by atoms with E-state index in [9.17, 15) is 9.18 Å². The summed E-state index contributed by atoms with van der Waals surface area (Å²) >= 11 is 0. The quantitative estimate of drug-likeness (QED) is 0.718. The predicted octanol–water partition coefficient (Wildman–Crippen LogP) is 5.19. The maximum absolute atomic E-state index is 13.9. The number of halogens is 1. The molecule has 152 valence electrons. The van der Waals surface area contributed by atoms with Crippen LogP contribution in [0.1, 0.15) is 50.1 Å². The van der Waals surface area contributed by atoms with Gasteiger partial charge in [-0.2, -0.15) is 0 Å². The first-order valence-corrected chi connectivity index (χ1v) is 11.0. The largest absolute Gasteiger partial charge is 0.363 e. The van der Waals surface area contributed by atoms with Crippen molar-refractivity contribution < 1.29 is 9.18 Å². The van der Waals surface area contributed by atoms with Gasteiger partial charge in [0.05, 0.1) is 6.04 Å². The zero-order valence-corrected chi connectivity index (χ0v) is 16.9. The molecule has 0 bridgehead atoms. The van der Waals surface area contributed by atoms with Crippen molar-refractivity contribution in [1.82, 2.24) is 4.90 Å². The molecule has 1 spiro atoms. The third-order valence-electron chi connectivity index (χ3n) is 7.41. The number of hydrogen-bond acceptors (Lipinski definition) is 2. The van der Waals surface area contributed by atoms with Crippen LogP contribution in [0.3, 0.4) is 0 Å². The topological polar surface area (TPSA) is 23.6 Å². The molecule has 2 aromatic rings. The zero-order chi connectivity index (χ0) is 19.8. The Morgan fingerprint density at radius 2 is 1.69 bits per heavy atom. The molecule has 5 rings (SSSR count). The van der Waals surface area contributed by atoms with Gasteiger partial charge in [0.25, 0.3) is 0 Å². The first-order valence-electron chi connectivity index (χ1n) is 11.0. The van der Waals surface area contributed by atoms with Crippen molar-refractivity contribution in [3.8, 4) is 0 Å². The van der Waals surface area contributed by atoms with Crippen molar-refractivity contribution in [2.45, 2.75) is 44.6 Å². The van der Waals surface area contributed by atoms with Crippen molar-refractivity contribution in [2.75, 3.05) is 24.5 Å². The van der Waals surface area contributed by atoms with Gasteiger partial charge in [0.15, 0.2) is 0 Å². The molecule has 0 aromatic heterocycles. The summed E-state index contributed by atoms with van der Waals surface area (Å²) in [6, 6.07) is 17.8. The second-order valence-corrected chi connectivity index (χ2v) is 9.09. The molecule has 3 fully saturated rings. The standard InChI is InChI=1S/C25H29FN2O/c26-21-11-6-12-22(17-21)28-18-25(23(28)19-7-2-1-3-8-19)13-15-27(16-14-25)24(29)20-9-4-5-10-20/h1-3,6-8,11-12,17,20,23H,4-5,9-10,13-16,18H2. The van der Waals surface area contributed by atoms with Crippen LogP contribution >= 0.6 is 0 Å². The third kappa shape index (κ3) is 3.33. The SMILES string of the molecule is O=C(C1CCCC1)N1CCC2(CC1)CN(c1cccc(F)c1)C2c1ccccc1. The molecule has 2 saturated heterocycles.